The number of rotatable bonds is 5. The summed E-state index contributed by atoms with van der Waals surface area (Å²) in [6, 6.07) is 2.25. The summed E-state index contributed by atoms with van der Waals surface area (Å²) in [4.78, 5) is 10.4. The van der Waals surface area contributed by atoms with Crippen LogP contribution in [0.25, 0.3) is 0 Å². The highest BCUT2D eigenvalue weighted by atomic mass is 19.4. The molecule has 0 saturated carbocycles. The lowest BCUT2D eigenvalue weighted by atomic mass is 10.3. The van der Waals surface area contributed by atoms with Crippen molar-refractivity contribution < 1.29 is 37.3 Å². The summed E-state index contributed by atoms with van der Waals surface area (Å²) in [5, 5.41) is 17.8. The van der Waals surface area contributed by atoms with Gasteiger partial charge in [-0.05, 0) is 12.1 Å². The highest BCUT2D eigenvalue weighted by Gasteiger charge is 2.28. The van der Waals surface area contributed by atoms with Gasteiger partial charge in [0.2, 0.25) is 5.76 Å². The third-order valence-electron chi connectivity index (χ3n) is 1.71. The summed E-state index contributed by atoms with van der Waals surface area (Å²) in [6.07, 6.45) is -5.92. The van der Waals surface area contributed by atoms with Gasteiger partial charge in [0.05, 0.1) is 6.61 Å². The topological polar surface area (TPSA) is 79.9 Å². The second-order valence-corrected chi connectivity index (χ2v) is 3.15. The van der Waals surface area contributed by atoms with E-state index in [9.17, 15) is 23.1 Å². The number of hydrogen-bond donors (Lipinski definition) is 2. The Labute approximate surface area is 93.4 Å². The Morgan fingerprint density at radius 3 is 2.59 bits per heavy atom. The van der Waals surface area contributed by atoms with Crippen molar-refractivity contribution in [1.82, 2.24) is 0 Å². The van der Waals surface area contributed by atoms with Gasteiger partial charge in [0, 0.05) is 0 Å². The van der Waals surface area contributed by atoms with Gasteiger partial charge in [0.25, 0.3) is 0 Å². The zero-order valence-corrected chi connectivity index (χ0v) is 8.40. The minimum Gasteiger partial charge on any atom is -0.475 e. The third kappa shape index (κ3) is 4.45. The van der Waals surface area contributed by atoms with Crippen molar-refractivity contribution in [3.8, 4) is 0 Å². The van der Waals surface area contributed by atoms with Crippen LogP contribution < -0.4 is 0 Å². The molecule has 1 rings (SSSR count). The number of aliphatic hydroxyl groups excluding tert-OH is 1. The molecule has 0 aliphatic carbocycles. The molecule has 2 N–H and O–H groups in total. The van der Waals surface area contributed by atoms with Gasteiger partial charge in [-0.3, -0.25) is 0 Å². The molecule has 5 nitrogen and oxygen atoms in total. The average Bonchev–Trinajstić information content (AvgIpc) is 2.63. The first kappa shape index (κ1) is 13.5. The Kier molecular flexibility index (Phi) is 4.13. The number of carbonyl (C=O) groups is 1. The number of aromatic carboxylic acids is 1. The van der Waals surface area contributed by atoms with Crippen LogP contribution >= 0.6 is 0 Å². The van der Waals surface area contributed by atoms with Gasteiger partial charge in [0.1, 0.15) is 18.5 Å². The maximum Gasteiger partial charge on any atom is 0.411 e. The van der Waals surface area contributed by atoms with Gasteiger partial charge in [-0.1, -0.05) is 0 Å². The van der Waals surface area contributed by atoms with Crippen LogP contribution in [0.15, 0.2) is 16.5 Å². The number of furan rings is 1. The maximum absolute atomic E-state index is 11.7. The quantitative estimate of drug-likeness (QED) is 0.834. The summed E-state index contributed by atoms with van der Waals surface area (Å²) in [7, 11) is 0. The Bertz CT molecular complexity index is 384. The molecule has 0 aliphatic heterocycles. The summed E-state index contributed by atoms with van der Waals surface area (Å²) in [6.45, 7) is -2.12. The van der Waals surface area contributed by atoms with Crippen molar-refractivity contribution in [2.75, 3.05) is 13.2 Å². The molecule has 96 valence electrons. The number of aliphatic hydroxyl groups is 1. The maximum atomic E-state index is 11.7. The van der Waals surface area contributed by atoms with Gasteiger partial charge in [-0.15, -0.1) is 0 Å². The van der Waals surface area contributed by atoms with Crippen molar-refractivity contribution in [1.29, 1.82) is 0 Å². The number of hydrogen-bond acceptors (Lipinski definition) is 4. The van der Waals surface area contributed by atoms with E-state index in [1.54, 1.807) is 0 Å². The predicted octanol–water partition coefficient (Wildman–Crippen LogP) is 1.59. The van der Waals surface area contributed by atoms with Crippen LogP contribution in [0.3, 0.4) is 0 Å². The molecule has 1 aromatic heterocycles. The molecule has 1 aromatic rings. The number of ether oxygens (including phenoxy) is 1. The Balaban J connectivity index is 2.46. The Hall–Kier alpha value is -1.54. The van der Waals surface area contributed by atoms with Crippen LogP contribution in [-0.4, -0.2) is 35.6 Å². The molecule has 0 spiro atoms. The van der Waals surface area contributed by atoms with E-state index < -0.39 is 37.2 Å². The van der Waals surface area contributed by atoms with Crippen LogP contribution in [-0.2, 0) is 4.74 Å². The summed E-state index contributed by atoms with van der Waals surface area (Å²) in [5.41, 5.74) is 0. The van der Waals surface area contributed by atoms with Crippen LogP contribution in [0.1, 0.15) is 22.4 Å². The fourth-order valence-corrected chi connectivity index (χ4v) is 1.02. The van der Waals surface area contributed by atoms with Crippen molar-refractivity contribution in [3.05, 3.63) is 23.7 Å². The summed E-state index contributed by atoms with van der Waals surface area (Å²) < 4.78 is 44.0. The zero-order chi connectivity index (χ0) is 13.1. The SMILES string of the molecule is O=C(O)c1ccc(C(O)COCC(F)(F)F)o1. The molecule has 0 amide bonds. The molecule has 0 fully saturated rings. The largest absolute Gasteiger partial charge is 0.475 e. The smallest absolute Gasteiger partial charge is 0.411 e. The number of carboxylic acids is 1. The molecule has 1 unspecified atom stereocenters. The molecule has 1 heterocycles. The van der Waals surface area contributed by atoms with Crippen LogP contribution in [0.5, 0.6) is 0 Å². The van der Waals surface area contributed by atoms with Gasteiger partial charge in [0.15, 0.2) is 0 Å². The Morgan fingerprint density at radius 2 is 2.12 bits per heavy atom. The molecule has 0 aromatic carbocycles. The van der Waals surface area contributed by atoms with E-state index >= 15 is 0 Å². The minimum atomic E-state index is -4.48. The summed E-state index contributed by atoms with van der Waals surface area (Å²) >= 11 is 0. The van der Waals surface area contributed by atoms with Crippen LogP contribution in [0.4, 0.5) is 13.2 Å². The first-order valence-corrected chi connectivity index (χ1v) is 4.45. The van der Waals surface area contributed by atoms with Gasteiger partial charge < -0.3 is 19.4 Å². The third-order valence-corrected chi connectivity index (χ3v) is 1.71. The first-order valence-electron chi connectivity index (χ1n) is 4.45. The zero-order valence-electron chi connectivity index (χ0n) is 8.40. The second kappa shape index (κ2) is 5.19. The van der Waals surface area contributed by atoms with Crippen LogP contribution in [0.2, 0.25) is 0 Å². The van der Waals surface area contributed by atoms with Crippen molar-refractivity contribution >= 4 is 5.97 Å². The van der Waals surface area contributed by atoms with Crippen molar-refractivity contribution in [3.63, 3.8) is 0 Å². The lowest BCUT2D eigenvalue weighted by molar-refractivity contribution is -0.179. The van der Waals surface area contributed by atoms with E-state index in [2.05, 4.69) is 9.15 Å². The monoisotopic (exact) mass is 254 g/mol. The van der Waals surface area contributed by atoms with Crippen LogP contribution in [0, 0.1) is 0 Å². The lowest BCUT2D eigenvalue weighted by Crippen LogP contribution is -2.19. The summed E-state index contributed by atoms with van der Waals surface area (Å²) in [5.74, 6) is -1.90. The van der Waals surface area contributed by atoms with E-state index in [1.807, 2.05) is 0 Å². The number of carboxylic acid groups (broad SMARTS) is 1. The van der Waals surface area contributed by atoms with E-state index in [-0.39, 0.29) is 5.76 Å². The Morgan fingerprint density at radius 1 is 1.47 bits per heavy atom. The lowest BCUT2D eigenvalue weighted by Gasteiger charge is -2.10. The second-order valence-electron chi connectivity index (χ2n) is 3.15. The van der Waals surface area contributed by atoms with E-state index in [4.69, 9.17) is 5.11 Å². The average molecular weight is 254 g/mol. The fraction of sp³-hybridized carbons (Fsp3) is 0.444. The molecular formula is C9H9F3O5. The van der Waals surface area contributed by atoms with E-state index in [1.165, 1.54) is 0 Å². The van der Waals surface area contributed by atoms with Gasteiger partial charge in [-0.2, -0.15) is 13.2 Å². The molecule has 0 radical (unpaired) electrons. The molecule has 0 saturated heterocycles. The van der Waals surface area contributed by atoms with E-state index in [0.717, 1.165) is 12.1 Å². The highest BCUT2D eigenvalue weighted by molar-refractivity contribution is 5.84. The highest BCUT2D eigenvalue weighted by Crippen LogP contribution is 2.19. The van der Waals surface area contributed by atoms with E-state index in [0.29, 0.717) is 0 Å². The number of alkyl halides is 3. The predicted molar refractivity (Wildman–Crippen MR) is 47.5 cm³/mol. The van der Waals surface area contributed by atoms with Crippen molar-refractivity contribution in [2.24, 2.45) is 0 Å². The minimum absolute atomic E-state index is 0.162. The molecule has 1 atom stereocenters. The normalized spacial score (nSPS) is 13.6. The molecular weight excluding hydrogens is 245 g/mol. The molecule has 17 heavy (non-hydrogen) atoms. The fourth-order valence-electron chi connectivity index (χ4n) is 1.02. The number of halogens is 3. The first-order chi connectivity index (χ1) is 7.79. The van der Waals surface area contributed by atoms with Gasteiger partial charge in [-0.25, -0.2) is 4.79 Å². The van der Waals surface area contributed by atoms with Crippen molar-refractivity contribution in [2.45, 2.75) is 12.3 Å². The standard InChI is InChI=1S/C9H9F3O5/c10-9(11,12)4-16-3-5(13)6-1-2-7(17-6)8(14)15/h1-2,5,13H,3-4H2,(H,14,15). The van der Waals surface area contributed by atoms with Gasteiger partial charge >= 0.3 is 12.1 Å². The molecule has 0 bridgehead atoms. The molecule has 8 heteroatoms. The molecule has 0 aliphatic rings.